The monoisotopic (exact) mass is 218 g/mol. The van der Waals surface area contributed by atoms with E-state index in [2.05, 4.69) is 17.1 Å². The van der Waals surface area contributed by atoms with Gasteiger partial charge in [-0.3, -0.25) is 4.79 Å². The molecule has 0 spiro atoms. The van der Waals surface area contributed by atoms with Crippen molar-refractivity contribution in [1.29, 1.82) is 0 Å². The molecule has 1 aromatic rings. The third-order valence-electron chi connectivity index (χ3n) is 3.09. The van der Waals surface area contributed by atoms with Crippen molar-refractivity contribution >= 4 is 5.91 Å². The topological polar surface area (TPSA) is 32.3 Å². The summed E-state index contributed by atoms with van der Waals surface area (Å²) in [5, 5.41) is 3.08. The summed E-state index contributed by atoms with van der Waals surface area (Å²) >= 11 is 0. The van der Waals surface area contributed by atoms with Crippen LogP contribution in [0.25, 0.3) is 0 Å². The van der Waals surface area contributed by atoms with Crippen LogP contribution in [0.4, 0.5) is 0 Å². The van der Waals surface area contributed by atoms with Crippen LogP contribution in [-0.4, -0.2) is 36.5 Å². The fraction of sp³-hybridized carbons (Fsp3) is 0.462. The number of nitrogens with zero attached hydrogens (tertiary/aromatic N) is 1. The molecule has 0 bridgehead atoms. The SMILES string of the molecule is CCN1CCC(NC(=O)c2ccccc2)C1. The lowest BCUT2D eigenvalue weighted by molar-refractivity contribution is 0.0938. The van der Waals surface area contributed by atoms with Gasteiger partial charge >= 0.3 is 0 Å². The number of carbonyl (C=O) groups excluding carboxylic acids is 1. The first kappa shape index (κ1) is 11.1. The lowest BCUT2D eigenvalue weighted by Gasteiger charge is -2.14. The average Bonchev–Trinajstić information content (AvgIpc) is 2.78. The van der Waals surface area contributed by atoms with Crippen molar-refractivity contribution in [1.82, 2.24) is 10.2 Å². The molecule has 0 radical (unpaired) electrons. The van der Waals surface area contributed by atoms with E-state index in [-0.39, 0.29) is 5.91 Å². The Kier molecular flexibility index (Phi) is 3.57. The minimum absolute atomic E-state index is 0.0450. The van der Waals surface area contributed by atoms with Crippen LogP contribution in [0.15, 0.2) is 30.3 Å². The molecule has 1 heterocycles. The smallest absolute Gasteiger partial charge is 0.251 e. The summed E-state index contributed by atoms with van der Waals surface area (Å²) in [4.78, 5) is 14.2. The molecule has 1 amide bonds. The van der Waals surface area contributed by atoms with Gasteiger partial charge in [0.15, 0.2) is 0 Å². The van der Waals surface area contributed by atoms with E-state index in [1.54, 1.807) is 0 Å². The number of likely N-dealkylation sites (N-methyl/N-ethyl adjacent to an activating group) is 1. The normalized spacial score (nSPS) is 20.9. The summed E-state index contributed by atoms with van der Waals surface area (Å²) in [5.74, 6) is 0.0450. The third-order valence-corrected chi connectivity index (χ3v) is 3.09. The highest BCUT2D eigenvalue weighted by Crippen LogP contribution is 2.09. The van der Waals surface area contributed by atoms with Gasteiger partial charge < -0.3 is 10.2 Å². The van der Waals surface area contributed by atoms with Crippen molar-refractivity contribution in [2.45, 2.75) is 19.4 Å². The number of likely N-dealkylation sites (tertiary alicyclic amines) is 1. The fourth-order valence-electron chi connectivity index (χ4n) is 2.10. The molecule has 16 heavy (non-hydrogen) atoms. The predicted octanol–water partition coefficient (Wildman–Crippen LogP) is 1.51. The predicted molar refractivity (Wildman–Crippen MR) is 64.4 cm³/mol. The first-order chi connectivity index (χ1) is 7.79. The van der Waals surface area contributed by atoms with Crippen LogP contribution in [0, 0.1) is 0 Å². The highest BCUT2D eigenvalue weighted by molar-refractivity contribution is 5.94. The Bertz CT molecular complexity index is 350. The standard InChI is InChI=1S/C13H18N2O/c1-2-15-9-8-12(10-15)14-13(16)11-6-4-3-5-7-11/h3-7,12H,2,8-10H2,1H3,(H,14,16). The van der Waals surface area contributed by atoms with E-state index in [4.69, 9.17) is 0 Å². The second-order valence-electron chi connectivity index (χ2n) is 4.22. The maximum atomic E-state index is 11.9. The summed E-state index contributed by atoms with van der Waals surface area (Å²) in [6.07, 6.45) is 1.06. The maximum Gasteiger partial charge on any atom is 0.251 e. The van der Waals surface area contributed by atoms with Crippen LogP contribution < -0.4 is 5.32 Å². The van der Waals surface area contributed by atoms with Gasteiger partial charge in [0.25, 0.3) is 5.91 Å². The first-order valence-corrected chi connectivity index (χ1v) is 5.88. The molecule has 1 fully saturated rings. The van der Waals surface area contributed by atoms with Crippen LogP contribution in [0.1, 0.15) is 23.7 Å². The largest absolute Gasteiger partial charge is 0.348 e. The lowest BCUT2D eigenvalue weighted by Crippen LogP contribution is -2.37. The van der Waals surface area contributed by atoms with Gasteiger partial charge in [-0.05, 0) is 25.1 Å². The molecule has 3 nitrogen and oxygen atoms in total. The zero-order chi connectivity index (χ0) is 11.4. The zero-order valence-corrected chi connectivity index (χ0v) is 9.65. The van der Waals surface area contributed by atoms with E-state index in [1.807, 2.05) is 30.3 Å². The third kappa shape index (κ3) is 2.61. The molecule has 0 saturated carbocycles. The number of carbonyl (C=O) groups is 1. The van der Waals surface area contributed by atoms with E-state index in [1.165, 1.54) is 0 Å². The second kappa shape index (κ2) is 5.12. The number of amides is 1. The average molecular weight is 218 g/mol. The molecule has 1 atom stereocenters. The van der Waals surface area contributed by atoms with Gasteiger partial charge in [0.1, 0.15) is 0 Å². The molecule has 1 aliphatic heterocycles. The number of rotatable bonds is 3. The molecule has 1 N–H and O–H groups in total. The van der Waals surface area contributed by atoms with Crippen molar-refractivity contribution in [3.63, 3.8) is 0 Å². The molecule has 0 aromatic heterocycles. The van der Waals surface area contributed by atoms with Crippen LogP contribution >= 0.6 is 0 Å². The van der Waals surface area contributed by atoms with E-state index in [0.29, 0.717) is 6.04 Å². The van der Waals surface area contributed by atoms with E-state index in [9.17, 15) is 4.79 Å². The van der Waals surface area contributed by atoms with Crippen LogP contribution in [-0.2, 0) is 0 Å². The van der Waals surface area contributed by atoms with Gasteiger partial charge in [0.2, 0.25) is 0 Å². The quantitative estimate of drug-likeness (QED) is 0.834. The van der Waals surface area contributed by atoms with E-state index < -0.39 is 0 Å². The summed E-state index contributed by atoms with van der Waals surface area (Å²) in [6.45, 7) is 5.30. The molecule has 0 aliphatic carbocycles. The molecule has 1 saturated heterocycles. The molecular formula is C13H18N2O. The van der Waals surface area contributed by atoms with Crippen LogP contribution in [0.5, 0.6) is 0 Å². The first-order valence-electron chi connectivity index (χ1n) is 5.88. The Labute approximate surface area is 96.5 Å². The van der Waals surface area contributed by atoms with Gasteiger partial charge in [0, 0.05) is 24.7 Å². The van der Waals surface area contributed by atoms with Crippen LogP contribution in [0.2, 0.25) is 0 Å². The summed E-state index contributed by atoms with van der Waals surface area (Å²) in [7, 11) is 0. The molecular weight excluding hydrogens is 200 g/mol. The maximum absolute atomic E-state index is 11.9. The number of hydrogen-bond donors (Lipinski definition) is 1. The van der Waals surface area contributed by atoms with Crippen molar-refractivity contribution in [3.8, 4) is 0 Å². The van der Waals surface area contributed by atoms with Crippen molar-refractivity contribution in [2.75, 3.05) is 19.6 Å². The van der Waals surface area contributed by atoms with Crippen molar-refractivity contribution in [3.05, 3.63) is 35.9 Å². The van der Waals surface area contributed by atoms with Gasteiger partial charge in [0.05, 0.1) is 0 Å². The number of nitrogens with one attached hydrogen (secondary N) is 1. The lowest BCUT2D eigenvalue weighted by atomic mass is 10.2. The number of hydrogen-bond acceptors (Lipinski definition) is 2. The molecule has 86 valence electrons. The van der Waals surface area contributed by atoms with E-state index >= 15 is 0 Å². The second-order valence-corrected chi connectivity index (χ2v) is 4.22. The molecule has 1 aliphatic rings. The highest BCUT2D eigenvalue weighted by Gasteiger charge is 2.22. The minimum atomic E-state index is 0.0450. The highest BCUT2D eigenvalue weighted by atomic mass is 16.1. The Morgan fingerprint density at radius 2 is 2.19 bits per heavy atom. The Morgan fingerprint density at radius 3 is 2.81 bits per heavy atom. The zero-order valence-electron chi connectivity index (χ0n) is 9.65. The van der Waals surface area contributed by atoms with Crippen molar-refractivity contribution < 1.29 is 4.79 Å². The van der Waals surface area contributed by atoms with Gasteiger partial charge in [-0.1, -0.05) is 25.1 Å². The molecule has 1 unspecified atom stereocenters. The summed E-state index contributed by atoms with van der Waals surface area (Å²) in [5.41, 5.74) is 0.748. The van der Waals surface area contributed by atoms with Crippen LogP contribution in [0.3, 0.4) is 0 Å². The minimum Gasteiger partial charge on any atom is -0.348 e. The number of benzene rings is 1. The Hall–Kier alpha value is -1.35. The van der Waals surface area contributed by atoms with Gasteiger partial charge in [-0.25, -0.2) is 0 Å². The van der Waals surface area contributed by atoms with E-state index in [0.717, 1.165) is 31.6 Å². The Balaban J connectivity index is 1.89. The molecule has 1 aromatic carbocycles. The van der Waals surface area contributed by atoms with Gasteiger partial charge in [-0.2, -0.15) is 0 Å². The summed E-state index contributed by atoms with van der Waals surface area (Å²) < 4.78 is 0. The van der Waals surface area contributed by atoms with Gasteiger partial charge in [-0.15, -0.1) is 0 Å². The Morgan fingerprint density at radius 1 is 1.44 bits per heavy atom. The molecule has 3 heteroatoms. The summed E-state index contributed by atoms with van der Waals surface area (Å²) in [6, 6.07) is 9.71. The fourth-order valence-corrected chi connectivity index (χ4v) is 2.10. The van der Waals surface area contributed by atoms with Crippen molar-refractivity contribution in [2.24, 2.45) is 0 Å². The molecule has 2 rings (SSSR count).